The van der Waals surface area contributed by atoms with Crippen molar-refractivity contribution >= 4 is 23.6 Å². The first-order chi connectivity index (χ1) is 9.09. The summed E-state index contributed by atoms with van der Waals surface area (Å²) in [6.45, 7) is 1.01. The standard InChI is InChI=1S/C14H22N2O2S/c1-19-13(5-4-6-13)10-16-9-11(17)15-14(12(16)18)7-2-3-8-14/h2-10H2,1H3,(H,15,17). The number of carbonyl (C=O) groups is 2. The second-order valence-electron chi connectivity index (χ2n) is 6.24. The summed E-state index contributed by atoms with van der Waals surface area (Å²) in [5, 5.41) is 2.97. The molecule has 3 rings (SSSR count). The van der Waals surface area contributed by atoms with Crippen molar-refractivity contribution in [2.75, 3.05) is 19.3 Å². The van der Waals surface area contributed by atoms with Crippen LogP contribution in [0.1, 0.15) is 44.9 Å². The molecule has 1 spiro atoms. The van der Waals surface area contributed by atoms with E-state index in [1.807, 2.05) is 16.7 Å². The van der Waals surface area contributed by atoms with E-state index < -0.39 is 5.54 Å². The number of amides is 2. The minimum absolute atomic E-state index is 0.0251. The SMILES string of the molecule is CSC1(CN2CC(=O)NC3(CCCC3)C2=O)CCC1. The molecule has 0 radical (unpaired) electrons. The van der Waals surface area contributed by atoms with Gasteiger partial charge in [-0.25, -0.2) is 0 Å². The predicted molar refractivity (Wildman–Crippen MR) is 76.0 cm³/mol. The van der Waals surface area contributed by atoms with Crippen LogP contribution >= 0.6 is 11.8 Å². The Bertz CT molecular complexity index is 395. The Hall–Kier alpha value is -0.710. The Morgan fingerprint density at radius 2 is 1.84 bits per heavy atom. The zero-order valence-electron chi connectivity index (χ0n) is 11.5. The van der Waals surface area contributed by atoms with Crippen molar-refractivity contribution in [1.29, 1.82) is 0 Å². The third kappa shape index (κ3) is 2.16. The number of hydrogen-bond acceptors (Lipinski definition) is 3. The fourth-order valence-electron chi connectivity index (χ4n) is 3.70. The Labute approximate surface area is 118 Å². The van der Waals surface area contributed by atoms with Gasteiger partial charge in [0.25, 0.3) is 0 Å². The summed E-state index contributed by atoms with van der Waals surface area (Å²) in [6.07, 6.45) is 9.46. The van der Waals surface area contributed by atoms with Crippen molar-refractivity contribution < 1.29 is 9.59 Å². The summed E-state index contributed by atoms with van der Waals surface area (Å²) in [6, 6.07) is 0. The Kier molecular flexibility index (Phi) is 3.28. The number of nitrogens with zero attached hydrogens (tertiary/aromatic N) is 1. The summed E-state index contributed by atoms with van der Waals surface area (Å²) in [7, 11) is 0. The lowest BCUT2D eigenvalue weighted by molar-refractivity contribution is -0.150. The number of thioether (sulfide) groups is 1. The molecule has 5 heteroatoms. The van der Waals surface area contributed by atoms with Gasteiger partial charge >= 0.3 is 0 Å². The normalized spacial score (nSPS) is 28.4. The molecule has 4 nitrogen and oxygen atoms in total. The van der Waals surface area contributed by atoms with Crippen LogP contribution < -0.4 is 5.32 Å². The van der Waals surface area contributed by atoms with Crippen molar-refractivity contribution in [3.8, 4) is 0 Å². The van der Waals surface area contributed by atoms with Crippen LogP contribution in [0.2, 0.25) is 0 Å². The number of hydrogen-bond donors (Lipinski definition) is 1. The van der Waals surface area contributed by atoms with Gasteiger partial charge in [0, 0.05) is 11.3 Å². The van der Waals surface area contributed by atoms with E-state index in [-0.39, 0.29) is 23.1 Å². The number of rotatable bonds is 3. The van der Waals surface area contributed by atoms with E-state index in [9.17, 15) is 9.59 Å². The molecular weight excluding hydrogens is 260 g/mol. The van der Waals surface area contributed by atoms with Gasteiger partial charge in [0.1, 0.15) is 5.54 Å². The molecule has 2 aliphatic carbocycles. The van der Waals surface area contributed by atoms with Gasteiger partial charge < -0.3 is 10.2 Å². The van der Waals surface area contributed by atoms with Crippen LogP contribution in [-0.4, -0.2) is 46.3 Å². The largest absolute Gasteiger partial charge is 0.340 e. The van der Waals surface area contributed by atoms with Crippen LogP contribution in [0.15, 0.2) is 0 Å². The highest BCUT2D eigenvalue weighted by Crippen LogP contribution is 2.44. The fraction of sp³-hybridized carbons (Fsp3) is 0.857. The average Bonchev–Trinajstić information content (AvgIpc) is 2.79. The molecule has 1 saturated heterocycles. The van der Waals surface area contributed by atoms with E-state index in [2.05, 4.69) is 11.6 Å². The van der Waals surface area contributed by atoms with E-state index in [0.29, 0.717) is 0 Å². The first kappa shape index (κ1) is 13.3. The van der Waals surface area contributed by atoms with Crippen LogP contribution in [0.25, 0.3) is 0 Å². The second kappa shape index (κ2) is 4.69. The smallest absolute Gasteiger partial charge is 0.248 e. The van der Waals surface area contributed by atoms with E-state index in [4.69, 9.17) is 0 Å². The Morgan fingerprint density at radius 3 is 2.37 bits per heavy atom. The number of carbonyl (C=O) groups excluding carboxylic acids is 2. The van der Waals surface area contributed by atoms with Crippen molar-refractivity contribution in [2.24, 2.45) is 0 Å². The fourth-order valence-corrected chi connectivity index (χ4v) is 4.68. The van der Waals surface area contributed by atoms with Crippen LogP contribution in [0.3, 0.4) is 0 Å². The maximum Gasteiger partial charge on any atom is 0.248 e. The van der Waals surface area contributed by atoms with Gasteiger partial charge in [-0.05, 0) is 31.9 Å². The van der Waals surface area contributed by atoms with E-state index in [1.54, 1.807) is 0 Å². The quantitative estimate of drug-likeness (QED) is 0.854. The minimum atomic E-state index is -0.557. The van der Waals surface area contributed by atoms with Crippen molar-refractivity contribution in [1.82, 2.24) is 10.2 Å². The van der Waals surface area contributed by atoms with Crippen molar-refractivity contribution in [2.45, 2.75) is 55.2 Å². The molecule has 0 atom stereocenters. The van der Waals surface area contributed by atoms with Gasteiger partial charge in [-0.3, -0.25) is 9.59 Å². The van der Waals surface area contributed by atoms with Gasteiger partial charge in [-0.15, -0.1) is 0 Å². The minimum Gasteiger partial charge on any atom is -0.340 e. The molecule has 106 valence electrons. The lowest BCUT2D eigenvalue weighted by Gasteiger charge is -2.47. The molecule has 0 aromatic heterocycles. The maximum atomic E-state index is 12.7. The molecule has 2 amide bonds. The Balaban J connectivity index is 1.77. The highest BCUT2D eigenvalue weighted by atomic mass is 32.2. The van der Waals surface area contributed by atoms with Gasteiger partial charge in [-0.1, -0.05) is 19.3 Å². The first-order valence-electron chi connectivity index (χ1n) is 7.25. The Morgan fingerprint density at radius 1 is 1.16 bits per heavy atom. The van der Waals surface area contributed by atoms with Gasteiger partial charge in [0.15, 0.2) is 0 Å². The molecule has 1 aliphatic heterocycles. The van der Waals surface area contributed by atoms with Gasteiger partial charge in [0.2, 0.25) is 11.8 Å². The highest BCUT2D eigenvalue weighted by Gasteiger charge is 2.50. The lowest BCUT2D eigenvalue weighted by atomic mass is 9.82. The van der Waals surface area contributed by atoms with Gasteiger partial charge in [0.05, 0.1) is 6.54 Å². The molecule has 1 N–H and O–H groups in total. The monoisotopic (exact) mass is 282 g/mol. The first-order valence-corrected chi connectivity index (χ1v) is 8.47. The third-order valence-corrected chi connectivity index (χ3v) is 6.45. The van der Waals surface area contributed by atoms with Crippen molar-refractivity contribution in [3.05, 3.63) is 0 Å². The zero-order valence-corrected chi connectivity index (χ0v) is 12.4. The van der Waals surface area contributed by atoms with Crippen LogP contribution in [0.4, 0.5) is 0 Å². The summed E-state index contributed by atoms with van der Waals surface area (Å²) in [5.41, 5.74) is -0.557. The van der Waals surface area contributed by atoms with Crippen LogP contribution in [0.5, 0.6) is 0 Å². The number of nitrogens with one attached hydrogen (secondary N) is 1. The molecule has 0 bridgehead atoms. The molecule has 2 saturated carbocycles. The summed E-state index contributed by atoms with van der Waals surface area (Å²) >= 11 is 1.86. The maximum absolute atomic E-state index is 12.7. The second-order valence-corrected chi connectivity index (χ2v) is 7.51. The summed E-state index contributed by atoms with van der Waals surface area (Å²) in [4.78, 5) is 26.5. The zero-order chi connectivity index (χ0) is 13.5. The molecule has 0 aromatic rings. The van der Waals surface area contributed by atoms with Crippen LogP contribution in [-0.2, 0) is 9.59 Å². The molecule has 3 aliphatic rings. The lowest BCUT2D eigenvalue weighted by Crippen LogP contribution is -2.67. The topological polar surface area (TPSA) is 49.4 Å². The van der Waals surface area contributed by atoms with Gasteiger partial charge in [-0.2, -0.15) is 11.8 Å². The third-order valence-electron chi connectivity index (χ3n) is 5.04. The predicted octanol–water partition coefficient (Wildman–Crippen LogP) is 1.54. The molecule has 1 heterocycles. The molecule has 3 fully saturated rings. The van der Waals surface area contributed by atoms with E-state index in [0.717, 1.165) is 32.2 Å². The average molecular weight is 282 g/mol. The molecular formula is C14H22N2O2S. The number of piperazine rings is 1. The van der Waals surface area contributed by atoms with Crippen LogP contribution in [0, 0.1) is 0 Å². The molecule has 0 aromatic carbocycles. The summed E-state index contributed by atoms with van der Waals surface area (Å²) in [5.74, 6) is 0.196. The molecule has 19 heavy (non-hydrogen) atoms. The molecule has 0 unspecified atom stereocenters. The van der Waals surface area contributed by atoms with Crippen molar-refractivity contribution in [3.63, 3.8) is 0 Å². The highest BCUT2D eigenvalue weighted by molar-refractivity contribution is 8.00. The summed E-state index contributed by atoms with van der Waals surface area (Å²) < 4.78 is 0.215. The van der Waals surface area contributed by atoms with E-state index >= 15 is 0 Å². The van der Waals surface area contributed by atoms with E-state index in [1.165, 1.54) is 19.3 Å².